The average Bonchev–Trinajstić information content (AvgIpc) is 2.66. The molecule has 0 aliphatic rings. The number of ether oxygens (including phenoxy) is 1. The van der Waals surface area contributed by atoms with Crippen molar-refractivity contribution < 1.29 is 22.8 Å². The molecule has 0 atom stereocenters. The molecule has 3 nitrogen and oxygen atoms in total. The molecule has 0 spiro atoms. The predicted molar refractivity (Wildman–Crippen MR) is 98.9 cm³/mol. The lowest BCUT2D eigenvalue weighted by Gasteiger charge is -2.11. The molecule has 0 N–H and O–H groups in total. The van der Waals surface area contributed by atoms with Crippen molar-refractivity contribution in [2.24, 2.45) is 0 Å². The van der Waals surface area contributed by atoms with Crippen molar-refractivity contribution in [3.8, 4) is 11.5 Å². The molecular weight excluding hydrogens is 337 g/mol. The number of carbonyl (C=O) groups is 1. The molecule has 0 aliphatic heterocycles. The van der Waals surface area contributed by atoms with Gasteiger partial charge in [-0.05, 0) is 35.2 Å². The molecule has 0 heterocycles. The summed E-state index contributed by atoms with van der Waals surface area (Å²) in [5.74, 6) is 0.181. The quantitative estimate of drug-likeness (QED) is 0.354. The Labute approximate surface area is 150 Å². The van der Waals surface area contributed by atoms with Crippen LogP contribution in [-0.2, 0) is 0 Å². The van der Waals surface area contributed by atoms with Gasteiger partial charge < -0.3 is 9.39 Å². The van der Waals surface area contributed by atoms with Crippen LogP contribution in [0, 0.1) is 0 Å². The molecular formula is C20H15BF2O3. The van der Waals surface area contributed by atoms with Crippen molar-refractivity contribution in [2.45, 2.75) is 0 Å². The van der Waals surface area contributed by atoms with Gasteiger partial charge in [0, 0.05) is 5.39 Å². The minimum Gasteiger partial charge on any atom is -0.504 e. The Morgan fingerprint density at radius 2 is 1.73 bits per heavy atom. The molecule has 0 radical (unpaired) electrons. The third kappa shape index (κ3) is 3.91. The molecule has 3 rings (SSSR count). The van der Waals surface area contributed by atoms with Gasteiger partial charge in [-0.1, -0.05) is 48.5 Å². The van der Waals surface area contributed by atoms with Gasteiger partial charge in [0.05, 0.1) is 12.7 Å². The van der Waals surface area contributed by atoms with Crippen LogP contribution in [0.5, 0.6) is 11.5 Å². The van der Waals surface area contributed by atoms with E-state index in [1.807, 2.05) is 0 Å². The first-order valence-electron chi connectivity index (χ1n) is 7.91. The fourth-order valence-electron chi connectivity index (χ4n) is 2.63. The number of halogens is 2. The summed E-state index contributed by atoms with van der Waals surface area (Å²) in [7, 11) is -1.45. The van der Waals surface area contributed by atoms with E-state index in [-0.39, 0.29) is 11.3 Å². The second-order valence-corrected chi connectivity index (χ2v) is 5.51. The standard InChI is InChI=1S/C20H15BF2O3/c1-25-16-10-6-14(7-11-16)8-13-19(24)18-12-9-15-4-2-3-5-17(15)20(18)26-21(22)23/h2-13H,1H3. The Morgan fingerprint density at radius 3 is 2.42 bits per heavy atom. The number of fused-ring (bicyclic) bond motifs is 1. The molecule has 3 aromatic rings. The number of hydrogen-bond acceptors (Lipinski definition) is 3. The second kappa shape index (κ2) is 7.82. The predicted octanol–water partition coefficient (Wildman–Crippen LogP) is 5.05. The lowest BCUT2D eigenvalue weighted by Crippen LogP contribution is -2.12. The van der Waals surface area contributed by atoms with E-state index in [2.05, 4.69) is 4.65 Å². The zero-order valence-electron chi connectivity index (χ0n) is 14.0. The van der Waals surface area contributed by atoms with Gasteiger partial charge >= 0.3 is 7.47 Å². The SMILES string of the molecule is COc1ccc(C=CC(=O)c2ccc3ccccc3c2OB(F)F)cc1. The van der Waals surface area contributed by atoms with Crippen molar-refractivity contribution in [3.63, 3.8) is 0 Å². The average molecular weight is 352 g/mol. The highest BCUT2D eigenvalue weighted by atomic mass is 19.2. The summed E-state index contributed by atoms with van der Waals surface area (Å²) in [5, 5.41) is 1.19. The fraction of sp³-hybridized carbons (Fsp3) is 0.0500. The van der Waals surface area contributed by atoms with Crippen molar-refractivity contribution >= 4 is 30.1 Å². The number of methoxy groups -OCH3 is 1. The van der Waals surface area contributed by atoms with Crippen molar-refractivity contribution in [1.82, 2.24) is 0 Å². The van der Waals surface area contributed by atoms with Crippen LogP contribution >= 0.6 is 0 Å². The van der Waals surface area contributed by atoms with Crippen LogP contribution in [-0.4, -0.2) is 20.4 Å². The minimum atomic E-state index is -3.02. The summed E-state index contributed by atoms with van der Waals surface area (Å²) in [6.07, 6.45) is 2.95. The Morgan fingerprint density at radius 1 is 1.00 bits per heavy atom. The monoisotopic (exact) mass is 352 g/mol. The molecule has 6 heteroatoms. The third-order valence-corrected chi connectivity index (χ3v) is 3.89. The topological polar surface area (TPSA) is 35.5 Å². The molecule has 0 aliphatic carbocycles. The first kappa shape index (κ1) is 17.7. The summed E-state index contributed by atoms with van der Waals surface area (Å²) in [5.41, 5.74) is 0.880. The highest BCUT2D eigenvalue weighted by Crippen LogP contribution is 2.31. The summed E-state index contributed by atoms with van der Waals surface area (Å²) < 4.78 is 35.4. The summed E-state index contributed by atoms with van der Waals surface area (Å²) >= 11 is 0. The van der Waals surface area contributed by atoms with Gasteiger partial charge in [0.2, 0.25) is 0 Å². The molecule has 0 aromatic heterocycles. The van der Waals surface area contributed by atoms with E-state index >= 15 is 0 Å². The maximum Gasteiger partial charge on any atom is 0.796 e. The summed E-state index contributed by atoms with van der Waals surface area (Å²) in [4.78, 5) is 12.6. The Balaban J connectivity index is 1.95. The molecule has 0 amide bonds. The molecule has 0 fully saturated rings. The van der Waals surface area contributed by atoms with Crippen molar-refractivity contribution in [2.75, 3.05) is 7.11 Å². The lowest BCUT2D eigenvalue weighted by molar-refractivity contribution is 0.104. The van der Waals surface area contributed by atoms with Gasteiger partial charge in [-0.3, -0.25) is 4.79 Å². The minimum absolute atomic E-state index is 0.0914. The van der Waals surface area contributed by atoms with E-state index in [9.17, 15) is 13.4 Å². The van der Waals surface area contributed by atoms with Crippen molar-refractivity contribution in [3.05, 3.63) is 77.9 Å². The summed E-state index contributed by atoms with van der Waals surface area (Å²) in [6, 6.07) is 17.3. The fourth-order valence-corrected chi connectivity index (χ4v) is 2.63. The number of rotatable bonds is 6. The zero-order valence-corrected chi connectivity index (χ0v) is 14.0. The molecule has 130 valence electrons. The maximum atomic E-state index is 12.9. The van der Waals surface area contributed by atoms with E-state index in [4.69, 9.17) is 4.74 Å². The van der Waals surface area contributed by atoms with Gasteiger partial charge in [0.1, 0.15) is 11.5 Å². The number of benzene rings is 3. The van der Waals surface area contributed by atoms with Crippen molar-refractivity contribution in [1.29, 1.82) is 0 Å². The number of allylic oxidation sites excluding steroid dienone is 1. The van der Waals surface area contributed by atoms with E-state index in [1.165, 1.54) is 12.1 Å². The van der Waals surface area contributed by atoms with Crippen LogP contribution < -0.4 is 9.39 Å². The van der Waals surface area contributed by atoms with E-state index in [1.54, 1.807) is 67.8 Å². The number of carbonyl (C=O) groups excluding carboxylic acids is 1. The molecule has 0 saturated carbocycles. The third-order valence-electron chi connectivity index (χ3n) is 3.89. The Bertz CT molecular complexity index is 953. The van der Waals surface area contributed by atoms with E-state index in [0.717, 1.165) is 10.9 Å². The van der Waals surface area contributed by atoms with Gasteiger partial charge in [0.15, 0.2) is 5.78 Å². The highest BCUT2D eigenvalue weighted by Gasteiger charge is 2.23. The molecule has 0 bridgehead atoms. The molecule has 0 unspecified atom stereocenters. The van der Waals surface area contributed by atoms with Gasteiger partial charge in [-0.2, -0.15) is 0 Å². The van der Waals surface area contributed by atoms with Crippen LogP contribution in [0.15, 0.2) is 66.7 Å². The Hall–Kier alpha value is -3.15. The Kier molecular flexibility index (Phi) is 5.32. The first-order chi connectivity index (χ1) is 12.6. The lowest BCUT2D eigenvalue weighted by atomic mass is 10.0. The molecule has 0 saturated heterocycles. The highest BCUT2D eigenvalue weighted by molar-refractivity contribution is 6.36. The van der Waals surface area contributed by atoms with Crippen LogP contribution in [0.1, 0.15) is 15.9 Å². The van der Waals surface area contributed by atoms with Crippen LogP contribution in [0.4, 0.5) is 8.63 Å². The first-order valence-corrected chi connectivity index (χ1v) is 7.91. The largest absolute Gasteiger partial charge is 0.796 e. The smallest absolute Gasteiger partial charge is 0.504 e. The van der Waals surface area contributed by atoms with Gasteiger partial charge in [-0.25, -0.2) is 8.63 Å². The molecule has 26 heavy (non-hydrogen) atoms. The van der Waals surface area contributed by atoms with E-state index < -0.39 is 13.3 Å². The van der Waals surface area contributed by atoms with Crippen LogP contribution in [0.25, 0.3) is 16.8 Å². The second-order valence-electron chi connectivity index (χ2n) is 5.51. The van der Waals surface area contributed by atoms with Crippen LogP contribution in [0.3, 0.4) is 0 Å². The zero-order chi connectivity index (χ0) is 18.5. The van der Waals surface area contributed by atoms with E-state index in [0.29, 0.717) is 11.1 Å². The normalized spacial score (nSPS) is 10.9. The van der Waals surface area contributed by atoms with Gasteiger partial charge in [0.25, 0.3) is 0 Å². The molecule has 3 aromatic carbocycles. The number of hydrogen-bond donors (Lipinski definition) is 0. The maximum absolute atomic E-state index is 12.9. The van der Waals surface area contributed by atoms with Crippen LogP contribution in [0.2, 0.25) is 0 Å². The van der Waals surface area contributed by atoms with Gasteiger partial charge in [-0.15, -0.1) is 0 Å². The summed E-state index contributed by atoms with van der Waals surface area (Å²) in [6.45, 7) is 0. The number of ketones is 1.